The lowest BCUT2D eigenvalue weighted by atomic mass is 9.93. The second kappa shape index (κ2) is 21.4. The molecule has 1 fully saturated rings. The number of hydrogen-bond donors (Lipinski definition) is 2. The van der Waals surface area contributed by atoms with E-state index in [0.717, 1.165) is 45.1 Å². The lowest BCUT2D eigenvalue weighted by Gasteiger charge is -2.30. The summed E-state index contributed by atoms with van der Waals surface area (Å²) in [6.45, 7) is 4.80. The van der Waals surface area contributed by atoms with E-state index in [1.807, 2.05) is 6.92 Å². The summed E-state index contributed by atoms with van der Waals surface area (Å²) in [5.74, 6) is -1.66. The predicted molar refractivity (Wildman–Crippen MR) is 140 cm³/mol. The SMILES string of the molecule is CCCCCCCC/C=C\CCCCCCC[C@@H](C[C@H](O)[C@H](CC)C(=O)O)OC1CCCCO1. The lowest BCUT2D eigenvalue weighted by Crippen LogP contribution is -2.35. The van der Waals surface area contributed by atoms with E-state index in [2.05, 4.69) is 19.1 Å². The largest absolute Gasteiger partial charge is 0.481 e. The second-order valence-corrected chi connectivity index (χ2v) is 10.1. The van der Waals surface area contributed by atoms with Gasteiger partial charge in [0.2, 0.25) is 0 Å². The third kappa shape index (κ3) is 15.9. The van der Waals surface area contributed by atoms with Crippen molar-refractivity contribution in [2.75, 3.05) is 6.61 Å². The van der Waals surface area contributed by atoms with Crippen molar-refractivity contribution in [1.82, 2.24) is 0 Å². The monoisotopic (exact) mass is 482 g/mol. The molecule has 0 spiro atoms. The molecule has 1 heterocycles. The van der Waals surface area contributed by atoms with Gasteiger partial charge in [0.15, 0.2) is 6.29 Å². The molecule has 200 valence electrons. The summed E-state index contributed by atoms with van der Waals surface area (Å²) in [6, 6.07) is 0. The summed E-state index contributed by atoms with van der Waals surface area (Å²) in [5, 5.41) is 19.9. The molecule has 0 amide bonds. The highest BCUT2D eigenvalue weighted by atomic mass is 16.7. The van der Waals surface area contributed by atoms with E-state index in [-0.39, 0.29) is 12.4 Å². The van der Waals surface area contributed by atoms with Crippen LogP contribution in [0.4, 0.5) is 0 Å². The highest BCUT2D eigenvalue weighted by molar-refractivity contribution is 5.70. The molecule has 0 aliphatic carbocycles. The molecule has 1 saturated heterocycles. The quantitative estimate of drug-likeness (QED) is 0.122. The van der Waals surface area contributed by atoms with Crippen LogP contribution in [-0.2, 0) is 14.3 Å². The maximum Gasteiger partial charge on any atom is 0.309 e. The van der Waals surface area contributed by atoms with Gasteiger partial charge in [-0.2, -0.15) is 0 Å². The van der Waals surface area contributed by atoms with Crippen molar-refractivity contribution in [3.8, 4) is 0 Å². The molecule has 2 N–H and O–H groups in total. The number of aliphatic hydroxyl groups is 1. The van der Waals surface area contributed by atoms with Crippen molar-refractivity contribution in [1.29, 1.82) is 0 Å². The van der Waals surface area contributed by atoms with Crippen LogP contribution in [0.15, 0.2) is 12.2 Å². The van der Waals surface area contributed by atoms with Gasteiger partial charge in [-0.25, -0.2) is 0 Å². The van der Waals surface area contributed by atoms with E-state index < -0.39 is 18.0 Å². The van der Waals surface area contributed by atoms with E-state index in [1.54, 1.807) is 0 Å². The van der Waals surface area contributed by atoms with E-state index in [9.17, 15) is 15.0 Å². The molecular formula is C29H54O5. The smallest absolute Gasteiger partial charge is 0.309 e. The van der Waals surface area contributed by atoms with Crippen molar-refractivity contribution >= 4 is 5.97 Å². The topological polar surface area (TPSA) is 76.0 Å². The molecule has 1 aliphatic rings. The molecule has 5 heteroatoms. The second-order valence-electron chi connectivity index (χ2n) is 10.1. The van der Waals surface area contributed by atoms with Crippen LogP contribution in [-0.4, -0.2) is 41.3 Å². The molecular weight excluding hydrogens is 428 g/mol. The maximum absolute atomic E-state index is 11.4. The van der Waals surface area contributed by atoms with Gasteiger partial charge in [-0.3, -0.25) is 4.79 Å². The van der Waals surface area contributed by atoms with Gasteiger partial charge in [-0.1, -0.05) is 83.8 Å². The normalized spacial score (nSPS) is 19.3. The van der Waals surface area contributed by atoms with Gasteiger partial charge in [-0.05, 0) is 57.8 Å². The number of carboxylic acid groups (broad SMARTS) is 1. The molecule has 0 aromatic carbocycles. The van der Waals surface area contributed by atoms with E-state index in [4.69, 9.17) is 9.47 Å². The molecule has 34 heavy (non-hydrogen) atoms. The first-order valence-electron chi connectivity index (χ1n) is 14.4. The molecule has 4 atom stereocenters. The zero-order valence-corrected chi connectivity index (χ0v) is 22.2. The van der Waals surface area contributed by atoms with Crippen molar-refractivity contribution in [2.45, 2.75) is 154 Å². The van der Waals surface area contributed by atoms with Crippen LogP contribution in [0.2, 0.25) is 0 Å². The minimum Gasteiger partial charge on any atom is -0.481 e. The summed E-state index contributed by atoms with van der Waals surface area (Å²) in [4.78, 5) is 11.4. The first-order chi connectivity index (χ1) is 16.6. The van der Waals surface area contributed by atoms with Crippen molar-refractivity contribution < 1.29 is 24.5 Å². The number of ether oxygens (including phenoxy) is 2. The lowest BCUT2D eigenvalue weighted by molar-refractivity contribution is -0.196. The van der Waals surface area contributed by atoms with Gasteiger partial charge in [0.1, 0.15) is 0 Å². The highest BCUT2D eigenvalue weighted by Gasteiger charge is 2.29. The Bertz CT molecular complexity index is 501. The minimum absolute atomic E-state index is 0.142. The van der Waals surface area contributed by atoms with Gasteiger partial charge in [-0.15, -0.1) is 0 Å². The fourth-order valence-corrected chi connectivity index (χ4v) is 4.76. The Morgan fingerprint density at radius 2 is 1.56 bits per heavy atom. The molecule has 0 radical (unpaired) electrons. The first-order valence-corrected chi connectivity index (χ1v) is 14.4. The molecule has 1 aliphatic heterocycles. The average molecular weight is 483 g/mol. The first kappa shape index (κ1) is 31.1. The summed E-state index contributed by atoms with van der Waals surface area (Å²) in [7, 11) is 0. The van der Waals surface area contributed by atoms with Crippen LogP contribution in [0.25, 0.3) is 0 Å². The number of allylic oxidation sites excluding steroid dienone is 2. The van der Waals surface area contributed by atoms with Gasteiger partial charge >= 0.3 is 5.97 Å². The van der Waals surface area contributed by atoms with Crippen LogP contribution in [0.5, 0.6) is 0 Å². The number of aliphatic carboxylic acids is 1. The number of carboxylic acids is 1. The molecule has 1 unspecified atom stereocenters. The Hall–Kier alpha value is -0.910. The number of unbranched alkanes of at least 4 members (excludes halogenated alkanes) is 11. The van der Waals surface area contributed by atoms with E-state index >= 15 is 0 Å². The van der Waals surface area contributed by atoms with Gasteiger partial charge < -0.3 is 19.7 Å². The number of rotatable bonds is 22. The summed E-state index contributed by atoms with van der Waals surface area (Å²) in [6.07, 6.45) is 24.7. The molecule has 0 aromatic rings. The van der Waals surface area contributed by atoms with Crippen LogP contribution in [0, 0.1) is 5.92 Å². The average Bonchev–Trinajstić information content (AvgIpc) is 2.82. The third-order valence-electron chi connectivity index (χ3n) is 7.00. The molecule has 0 saturated carbocycles. The molecule has 5 nitrogen and oxygen atoms in total. The van der Waals surface area contributed by atoms with E-state index in [0.29, 0.717) is 12.8 Å². The van der Waals surface area contributed by atoms with Crippen LogP contribution < -0.4 is 0 Å². The Balaban J connectivity index is 2.18. The Labute approximate surface area is 209 Å². The van der Waals surface area contributed by atoms with Gasteiger partial charge in [0.25, 0.3) is 0 Å². The zero-order chi connectivity index (χ0) is 24.9. The van der Waals surface area contributed by atoms with Gasteiger partial charge in [0, 0.05) is 13.0 Å². The van der Waals surface area contributed by atoms with Crippen molar-refractivity contribution in [2.24, 2.45) is 5.92 Å². The maximum atomic E-state index is 11.4. The molecule has 1 rings (SSSR count). The fraction of sp³-hybridized carbons (Fsp3) is 0.897. The third-order valence-corrected chi connectivity index (χ3v) is 7.00. The summed E-state index contributed by atoms with van der Waals surface area (Å²) >= 11 is 0. The van der Waals surface area contributed by atoms with Crippen LogP contribution >= 0.6 is 0 Å². The minimum atomic E-state index is -0.927. The number of hydrogen-bond acceptors (Lipinski definition) is 4. The van der Waals surface area contributed by atoms with Gasteiger partial charge in [0.05, 0.1) is 18.1 Å². The van der Waals surface area contributed by atoms with Crippen molar-refractivity contribution in [3.63, 3.8) is 0 Å². The Morgan fingerprint density at radius 1 is 0.941 bits per heavy atom. The van der Waals surface area contributed by atoms with Crippen LogP contribution in [0.3, 0.4) is 0 Å². The molecule has 0 bridgehead atoms. The van der Waals surface area contributed by atoms with Crippen molar-refractivity contribution in [3.05, 3.63) is 12.2 Å². The fourth-order valence-electron chi connectivity index (χ4n) is 4.76. The summed E-state index contributed by atoms with van der Waals surface area (Å²) in [5.41, 5.74) is 0. The summed E-state index contributed by atoms with van der Waals surface area (Å²) < 4.78 is 11.9. The Kier molecular flexibility index (Phi) is 19.6. The highest BCUT2D eigenvalue weighted by Crippen LogP contribution is 2.24. The Morgan fingerprint density at radius 3 is 2.12 bits per heavy atom. The van der Waals surface area contributed by atoms with E-state index in [1.165, 1.54) is 70.6 Å². The number of aliphatic hydroxyl groups excluding tert-OH is 1. The number of carbonyl (C=O) groups is 1. The van der Waals surface area contributed by atoms with Crippen LogP contribution in [0.1, 0.15) is 136 Å². The zero-order valence-electron chi connectivity index (χ0n) is 22.2. The predicted octanol–water partition coefficient (Wildman–Crippen LogP) is 7.80. The molecule has 0 aromatic heterocycles. The standard InChI is InChI=1S/C29H54O5/c1-3-5-6-7-8-9-10-11-12-13-14-15-16-17-18-21-25(34-28-22-19-20-23-33-28)24-27(30)26(4-2)29(31)32/h11-12,25-28,30H,3-10,13-24H2,1-2H3,(H,31,32)/b12-11-/t25-,26-,27-,28?/m0/s1.